The van der Waals surface area contributed by atoms with Gasteiger partial charge in [0.2, 0.25) is 0 Å². The summed E-state index contributed by atoms with van der Waals surface area (Å²) in [7, 11) is 2.30. The Kier molecular flexibility index (Phi) is 7.03. The molecule has 0 unspecified atom stereocenters. The van der Waals surface area contributed by atoms with Crippen LogP contribution in [0.25, 0.3) is 0 Å². The number of nitrogens with zero attached hydrogens (tertiary/aromatic N) is 1. The summed E-state index contributed by atoms with van der Waals surface area (Å²) in [6, 6.07) is 0.866. The molecule has 0 aliphatic heterocycles. The highest BCUT2D eigenvalue weighted by Gasteiger charge is 2.15. The van der Waals surface area contributed by atoms with E-state index in [1.807, 2.05) is 0 Å². The molecule has 0 aromatic rings. The molecule has 0 saturated heterocycles. The summed E-state index contributed by atoms with van der Waals surface area (Å²) < 4.78 is 0. The Morgan fingerprint density at radius 1 is 1.00 bits per heavy atom. The van der Waals surface area contributed by atoms with Crippen molar-refractivity contribution in [1.82, 2.24) is 4.90 Å². The van der Waals surface area contributed by atoms with Gasteiger partial charge in [0.1, 0.15) is 0 Å². The van der Waals surface area contributed by atoms with Crippen molar-refractivity contribution in [3.8, 4) is 0 Å². The second-order valence-electron chi connectivity index (χ2n) is 4.98. The Balaban J connectivity index is 2.11. The number of hydrogen-bond acceptors (Lipinski definition) is 2. The first-order valence-corrected chi connectivity index (χ1v) is 6.75. The van der Waals surface area contributed by atoms with Crippen LogP contribution in [0.3, 0.4) is 0 Å². The molecule has 2 heteroatoms. The Hall–Kier alpha value is -0.0800. The van der Waals surface area contributed by atoms with E-state index in [-0.39, 0.29) is 0 Å². The summed E-state index contributed by atoms with van der Waals surface area (Å²) in [5.74, 6) is 0. The van der Waals surface area contributed by atoms with Crippen LogP contribution < -0.4 is 5.73 Å². The monoisotopic (exact) mass is 212 g/mol. The summed E-state index contributed by atoms with van der Waals surface area (Å²) in [5.41, 5.74) is 5.50. The van der Waals surface area contributed by atoms with Crippen LogP contribution in [0.1, 0.15) is 57.8 Å². The standard InChI is InChI=1S/C13H28N2/c1-15(12-8-4-7-11-14)13-9-5-2-3-6-10-13/h13H,2-12,14H2,1H3. The number of nitrogens with two attached hydrogens (primary N) is 1. The van der Waals surface area contributed by atoms with Gasteiger partial charge in [-0.25, -0.2) is 0 Å². The van der Waals surface area contributed by atoms with Crippen LogP contribution >= 0.6 is 0 Å². The fourth-order valence-electron chi connectivity index (χ4n) is 2.56. The average Bonchev–Trinajstić information content (AvgIpc) is 2.52. The van der Waals surface area contributed by atoms with Crippen molar-refractivity contribution in [3.63, 3.8) is 0 Å². The number of unbranched alkanes of at least 4 members (excludes halogenated alkanes) is 2. The lowest BCUT2D eigenvalue weighted by Gasteiger charge is -2.26. The zero-order chi connectivity index (χ0) is 10.9. The van der Waals surface area contributed by atoms with Crippen LogP contribution in [0.4, 0.5) is 0 Å². The van der Waals surface area contributed by atoms with Crippen LogP contribution in [0.2, 0.25) is 0 Å². The van der Waals surface area contributed by atoms with Crippen LogP contribution in [0.15, 0.2) is 0 Å². The van der Waals surface area contributed by atoms with E-state index in [4.69, 9.17) is 5.73 Å². The molecular weight excluding hydrogens is 184 g/mol. The highest BCUT2D eigenvalue weighted by atomic mass is 15.1. The highest BCUT2D eigenvalue weighted by Crippen LogP contribution is 2.21. The highest BCUT2D eigenvalue weighted by molar-refractivity contribution is 4.72. The Morgan fingerprint density at radius 3 is 2.27 bits per heavy atom. The van der Waals surface area contributed by atoms with Crippen molar-refractivity contribution >= 4 is 0 Å². The van der Waals surface area contributed by atoms with Gasteiger partial charge in [-0.05, 0) is 45.8 Å². The molecule has 1 aliphatic carbocycles. The number of hydrogen-bond donors (Lipinski definition) is 1. The van der Waals surface area contributed by atoms with E-state index in [0.29, 0.717) is 0 Å². The van der Waals surface area contributed by atoms with Crippen molar-refractivity contribution in [2.24, 2.45) is 5.73 Å². The van der Waals surface area contributed by atoms with E-state index in [9.17, 15) is 0 Å². The predicted molar refractivity (Wildman–Crippen MR) is 67.0 cm³/mol. The molecule has 15 heavy (non-hydrogen) atoms. The SMILES string of the molecule is CN(CCCCCN)C1CCCCCC1. The van der Waals surface area contributed by atoms with E-state index in [2.05, 4.69) is 11.9 Å². The molecule has 90 valence electrons. The molecule has 1 fully saturated rings. The smallest absolute Gasteiger partial charge is 0.00922 e. The average molecular weight is 212 g/mol. The van der Waals surface area contributed by atoms with Gasteiger partial charge in [-0.15, -0.1) is 0 Å². The van der Waals surface area contributed by atoms with Gasteiger partial charge < -0.3 is 10.6 Å². The molecule has 0 aromatic carbocycles. The van der Waals surface area contributed by atoms with Crippen molar-refractivity contribution in [1.29, 1.82) is 0 Å². The maximum absolute atomic E-state index is 5.50. The molecule has 1 aliphatic rings. The third-order valence-electron chi connectivity index (χ3n) is 3.66. The Bertz CT molecular complexity index is 139. The normalized spacial score (nSPS) is 19.4. The molecule has 2 N–H and O–H groups in total. The quantitative estimate of drug-likeness (QED) is 0.542. The van der Waals surface area contributed by atoms with Crippen molar-refractivity contribution in [2.75, 3.05) is 20.1 Å². The second kappa shape index (κ2) is 8.12. The van der Waals surface area contributed by atoms with Gasteiger partial charge in [-0.3, -0.25) is 0 Å². The molecule has 0 atom stereocenters. The fourth-order valence-corrected chi connectivity index (χ4v) is 2.56. The molecular formula is C13H28N2. The summed E-state index contributed by atoms with van der Waals surface area (Å²) in [6.45, 7) is 2.12. The maximum atomic E-state index is 5.50. The summed E-state index contributed by atoms with van der Waals surface area (Å²) >= 11 is 0. The van der Waals surface area contributed by atoms with Gasteiger partial charge in [-0.1, -0.05) is 32.1 Å². The van der Waals surface area contributed by atoms with Crippen molar-refractivity contribution in [2.45, 2.75) is 63.8 Å². The van der Waals surface area contributed by atoms with Gasteiger partial charge in [0.15, 0.2) is 0 Å². The summed E-state index contributed by atoms with van der Waals surface area (Å²) in [6.07, 6.45) is 12.5. The van der Waals surface area contributed by atoms with Gasteiger partial charge in [0, 0.05) is 6.04 Å². The van der Waals surface area contributed by atoms with E-state index < -0.39 is 0 Å². The van der Waals surface area contributed by atoms with Crippen LogP contribution in [0.5, 0.6) is 0 Å². The van der Waals surface area contributed by atoms with Gasteiger partial charge in [-0.2, -0.15) is 0 Å². The van der Waals surface area contributed by atoms with Gasteiger partial charge >= 0.3 is 0 Å². The fraction of sp³-hybridized carbons (Fsp3) is 1.00. The van der Waals surface area contributed by atoms with Crippen LogP contribution in [0, 0.1) is 0 Å². The first-order valence-electron chi connectivity index (χ1n) is 6.75. The first kappa shape index (κ1) is 13.0. The minimum absolute atomic E-state index is 0.854. The van der Waals surface area contributed by atoms with Crippen LogP contribution in [-0.4, -0.2) is 31.1 Å². The number of rotatable bonds is 6. The Labute approximate surface area is 95.2 Å². The van der Waals surface area contributed by atoms with Crippen molar-refractivity contribution < 1.29 is 0 Å². The van der Waals surface area contributed by atoms with Gasteiger partial charge in [0.25, 0.3) is 0 Å². The molecule has 0 amide bonds. The molecule has 0 spiro atoms. The molecule has 0 heterocycles. The zero-order valence-corrected chi connectivity index (χ0v) is 10.4. The second-order valence-corrected chi connectivity index (χ2v) is 4.98. The molecule has 0 radical (unpaired) electrons. The third-order valence-corrected chi connectivity index (χ3v) is 3.66. The maximum Gasteiger partial charge on any atom is 0.00922 e. The third kappa shape index (κ3) is 5.53. The first-order chi connectivity index (χ1) is 7.34. The summed E-state index contributed by atoms with van der Waals surface area (Å²) in [5, 5.41) is 0. The van der Waals surface area contributed by atoms with E-state index in [1.165, 1.54) is 64.3 Å². The minimum Gasteiger partial charge on any atom is -0.330 e. The Morgan fingerprint density at radius 2 is 1.67 bits per heavy atom. The molecule has 0 aromatic heterocycles. The molecule has 1 rings (SSSR count). The van der Waals surface area contributed by atoms with E-state index in [0.717, 1.165) is 12.6 Å². The van der Waals surface area contributed by atoms with Gasteiger partial charge in [0.05, 0.1) is 0 Å². The zero-order valence-electron chi connectivity index (χ0n) is 10.4. The van der Waals surface area contributed by atoms with E-state index >= 15 is 0 Å². The predicted octanol–water partition coefficient (Wildman–Crippen LogP) is 2.77. The lowest BCUT2D eigenvalue weighted by Crippen LogP contribution is -2.32. The lowest BCUT2D eigenvalue weighted by atomic mass is 10.1. The molecule has 1 saturated carbocycles. The van der Waals surface area contributed by atoms with Crippen LogP contribution in [-0.2, 0) is 0 Å². The lowest BCUT2D eigenvalue weighted by molar-refractivity contribution is 0.217. The largest absolute Gasteiger partial charge is 0.330 e. The topological polar surface area (TPSA) is 29.3 Å². The molecule has 0 bridgehead atoms. The van der Waals surface area contributed by atoms with Crippen molar-refractivity contribution in [3.05, 3.63) is 0 Å². The van der Waals surface area contributed by atoms with E-state index in [1.54, 1.807) is 0 Å². The minimum atomic E-state index is 0.854. The molecule has 2 nitrogen and oxygen atoms in total. The summed E-state index contributed by atoms with van der Waals surface area (Å²) in [4.78, 5) is 2.59.